The number of carbonyl (C=O) groups excluding carboxylic acids is 2. The minimum Gasteiger partial charge on any atom is -0.466 e. The minimum atomic E-state index is -0.670. The van der Waals surface area contributed by atoms with Crippen molar-refractivity contribution in [2.24, 2.45) is 0 Å². The average molecular weight is 394 g/mol. The lowest BCUT2D eigenvalue weighted by Gasteiger charge is -2.10. The molecule has 2 aromatic carbocycles. The molecule has 6 nitrogen and oxygen atoms in total. The van der Waals surface area contributed by atoms with Gasteiger partial charge in [-0.15, -0.1) is 11.3 Å². The molecule has 0 amide bonds. The Kier molecular flexibility index (Phi) is 6.18. The van der Waals surface area contributed by atoms with Crippen LogP contribution in [0.2, 0.25) is 0 Å². The molecule has 3 rings (SSSR count). The molecule has 0 atom stereocenters. The number of hydrogen-bond donors (Lipinski definition) is 1. The van der Waals surface area contributed by atoms with E-state index in [1.54, 1.807) is 6.07 Å². The molecule has 1 heterocycles. The maximum Gasteiger partial charge on any atom is 0.354 e. The summed E-state index contributed by atoms with van der Waals surface area (Å²) in [5.74, 6) is -1.33. The topological polar surface area (TPSA) is 77.5 Å². The molecule has 7 heteroatoms. The molecule has 0 unspecified atom stereocenters. The van der Waals surface area contributed by atoms with Gasteiger partial charge in [-0.3, -0.25) is 0 Å². The summed E-state index contributed by atoms with van der Waals surface area (Å²) < 4.78 is 9.29. The summed E-state index contributed by atoms with van der Waals surface area (Å²) in [4.78, 5) is 28.1. The number of nitrogens with zero attached hydrogens (tertiary/aromatic N) is 1. The monoisotopic (exact) mass is 394 g/mol. The molecule has 1 N–H and O–H groups in total. The largest absolute Gasteiger partial charge is 0.466 e. The van der Waals surface area contributed by atoms with Crippen LogP contribution in [0.4, 0.5) is 5.69 Å². The van der Waals surface area contributed by atoms with E-state index in [0.717, 1.165) is 27.9 Å². The zero-order chi connectivity index (χ0) is 19.9. The molecule has 0 bridgehead atoms. The molecule has 142 valence electrons. The number of benzene rings is 2. The Hall–Kier alpha value is -3.45. The molecule has 0 aliphatic carbocycles. The first-order valence-electron chi connectivity index (χ1n) is 8.37. The van der Waals surface area contributed by atoms with Crippen LogP contribution >= 0.6 is 11.3 Å². The van der Waals surface area contributed by atoms with Gasteiger partial charge in [0.25, 0.3) is 0 Å². The third-order valence-corrected chi connectivity index (χ3v) is 4.72. The van der Waals surface area contributed by atoms with Crippen LogP contribution in [-0.4, -0.2) is 31.1 Å². The van der Waals surface area contributed by atoms with Gasteiger partial charge in [0.2, 0.25) is 0 Å². The van der Waals surface area contributed by atoms with E-state index in [-0.39, 0.29) is 5.70 Å². The van der Waals surface area contributed by atoms with E-state index in [1.807, 2.05) is 53.9 Å². The Labute approximate surface area is 166 Å². The first-order valence-corrected chi connectivity index (χ1v) is 9.25. The van der Waals surface area contributed by atoms with Crippen LogP contribution in [0.3, 0.4) is 0 Å². The van der Waals surface area contributed by atoms with Gasteiger partial charge in [-0.1, -0.05) is 42.5 Å². The highest BCUT2D eigenvalue weighted by Crippen LogP contribution is 2.30. The van der Waals surface area contributed by atoms with Gasteiger partial charge in [0.15, 0.2) is 0 Å². The van der Waals surface area contributed by atoms with Gasteiger partial charge in [-0.2, -0.15) is 0 Å². The van der Waals surface area contributed by atoms with E-state index in [1.165, 1.54) is 25.6 Å². The summed E-state index contributed by atoms with van der Waals surface area (Å²) in [7, 11) is 2.48. The fraction of sp³-hybridized carbons (Fsp3) is 0.0952. The number of methoxy groups -OCH3 is 2. The summed E-state index contributed by atoms with van der Waals surface area (Å²) in [6, 6.07) is 17.3. The molecule has 0 saturated heterocycles. The Bertz CT molecular complexity index is 1010. The van der Waals surface area contributed by atoms with E-state index >= 15 is 0 Å². The predicted octanol–water partition coefficient (Wildman–Crippen LogP) is 4.12. The molecule has 3 aromatic rings. The highest BCUT2D eigenvalue weighted by Gasteiger charge is 2.14. The van der Waals surface area contributed by atoms with E-state index in [2.05, 4.69) is 10.1 Å². The first-order chi connectivity index (χ1) is 13.6. The molecule has 0 aliphatic heterocycles. The van der Waals surface area contributed by atoms with Gasteiger partial charge >= 0.3 is 11.9 Å². The lowest BCUT2D eigenvalue weighted by Crippen LogP contribution is -2.15. The SMILES string of the molecule is COC(=O)/C=C(/Nc1cccc(-c2nc(-c3ccccc3)cs2)c1)C(=O)OC. The first kappa shape index (κ1) is 19.3. The van der Waals surface area contributed by atoms with Crippen LogP contribution in [0.1, 0.15) is 0 Å². The molecule has 28 heavy (non-hydrogen) atoms. The van der Waals surface area contributed by atoms with E-state index in [9.17, 15) is 9.59 Å². The van der Waals surface area contributed by atoms with Gasteiger partial charge in [0, 0.05) is 22.2 Å². The number of carbonyl (C=O) groups is 2. The number of anilines is 1. The van der Waals surface area contributed by atoms with Crippen molar-refractivity contribution >= 4 is 29.0 Å². The smallest absolute Gasteiger partial charge is 0.354 e. The van der Waals surface area contributed by atoms with Crippen molar-refractivity contribution in [2.75, 3.05) is 19.5 Å². The van der Waals surface area contributed by atoms with Crippen molar-refractivity contribution < 1.29 is 19.1 Å². The average Bonchev–Trinajstić information content (AvgIpc) is 3.24. The van der Waals surface area contributed by atoms with Gasteiger partial charge in [0.05, 0.1) is 26.0 Å². The van der Waals surface area contributed by atoms with E-state index in [4.69, 9.17) is 9.72 Å². The third-order valence-electron chi connectivity index (χ3n) is 3.83. The summed E-state index contributed by atoms with van der Waals surface area (Å²) in [6.07, 6.45) is 1.05. The molecule has 0 radical (unpaired) electrons. The zero-order valence-corrected chi connectivity index (χ0v) is 16.2. The number of esters is 2. The van der Waals surface area contributed by atoms with Gasteiger partial charge < -0.3 is 14.8 Å². The molecule has 0 spiro atoms. The lowest BCUT2D eigenvalue weighted by atomic mass is 10.1. The number of ether oxygens (including phenoxy) is 2. The quantitative estimate of drug-likeness (QED) is 0.501. The summed E-state index contributed by atoms with van der Waals surface area (Å²) in [5.41, 5.74) is 3.44. The van der Waals surface area contributed by atoms with Crippen molar-refractivity contribution in [3.63, 3.8) is 0 Å². The van der Waals surface area contributed by atoms with E-state index in [0.29, 0.717) is 5.69 Å². The van der Waals surface area contributed by atoms with Crippen LogP contribution in [-0.2, 0) is 19.1 Å². The van der Waals surface area contributed by atoms with Gasteiger partial charge in [0.1, 0.15) is 10.7 Å². The molecule has 1 aromatic heterocycles. The lowest BCUT2D eigenvalue weighted by molar-refractivity contribution is -0.138. The normalized spacial score (nSPS) is 11.0. The highest BCUT2D eigenvalue weighted by atomic mass is 32.1. The summed E-state index contributed by atoms with van der Waals surface area (Å²) in [5, 5.41) is 5.75. The fourth-order valence-electron chi connectivity index (χ4n) is 2.47. The highest BCUT2D eigenvalue weighted by molar-refractivity contribution is 7.13. The maximum atomic E-state index is 11.9. The van der Waals surface area contributed by atoms with Gasteiger partial charge in [-0.25, -0.2) is 14.6 Å². The summed E-state index contributed by atoms with van der Waals surface area (Å²) >= 11 is 1.53. The Morgan fingerprint density at radius 1 is 1.00 bits per heavy atom. The van der Waals surface area contributed by atoms with Crippen LogP contribution in [0.15, 0.2) is 71.8 Å². The van der Waals surface area contributed by atoms with Crippen molar-refractivity contribution in [1.82, 2.24) is 4.98 Å². The van der Waals surface area contributed by atoms with E-state index < -0.39 is 11.9 Å². The van der Waals surface area contributed by atoms with Crippen molar-refractivity contribution in [3.8, 4) is 21.8 Å². The standard InChI is InChI=1S/C21H18N2O4S/c1-26-19(24)12-17(21(25)27-2)22-16-10-6-9-15(11-16)20-23-18(13-28-20)14-7-4-3-5-8-14/h3-13,22H,1-2H3/b17-12+. The minimum absolute atomic E-state index is 0.0180. The van der Waals surface area contributed by atoms with Crippen LogP contribution < -0.4 is 5.32 Å². The van der Waals surface area contributed by atoms with Crippen LogP contribution in [0, 0.1) is 0 Å². The second-order valence-electron chi connectivity index (χ2n) is 5.68. The number of nitrogens with one attached hydrogen (secondary N) is 1. The maximum absolute atomic E-state index is 11.9. The zero-order valence-electron chi connectivity index (χ0n) is 15.3. The Balaban J connectivity index is 1.86. The third kappa shape index (κ3) is 4.63. The number of thiazole rings is 1. The van der Waals surface area contributed by atoms with Crippen molar-refractivity contribution in [3.05, 3.63) is 71.8 Å². The molecule has 0 aliphatic rings. The molecular formula is C21H18N2O4S. The van der Waals surface area contributed by atoms with Crippen molar-refractivity contribution in [1.29, 1.82) is 0 Å². The van der Waals surface area contributed by atoms with Crippen LogP contribution in [0.25, 0.3) is 21.8 Å². The molecule has 0 saturated carbocycles. The fourth-order valence-corrected chi connectivity index (χ4v) is 3.29. The Morgan fingerprint density at radius 2 is 1.75 bits per heavy atom. The molecular weight excluding hydrogens is 376 g/mol. The summed E-state index contributed by atoms with van der Waals surface area (Å²) in [6.45, 7) is 0. The Morgan fingerprint density at radius 3 is 2.46 bits per heavy atom. The second kappa shape index (κ2) is 8.96. The van der Waals surface area contributed by atoms with Gasteiger partial charge in [-0.05, 0) is 12.1 Å². The van der Waals surface area contributed by atoms with Crippen LogP contribution in [0.5, 0.6) is 0 Å². The van der Waals surface area contributed by atoms with Crippen molar-refractivity contribution in [2.45, 2.75) is 0 Å². The number of aromatic nitrogens is 1. The number of hydrogen-bond acceptors (Lipinski definition) is 7. The number of rotatable bonds is 6. The second-order valence-corrected chi connectivity index (χ2v) is 6.54. The molecule has 0 fully saturated rings. The predicted molar refractivity (Wildman–Crippen MR) is 109 cm³/mol.